The van der Waals surface area contributed by atoms with Gasteiger partial charge >= 0.3 is 5.97 Å². The number of hydrogen-bond donors (Lipinski definition) is 0. The summed E-state index contributed by atoms with van der Waals surface area (Å²) >= 11 is 0. The molecule has 8 nitrogen and oxygen atoms in total. The van der Waals surface area contributed by atoms with Gasteiger partial charge in [0.15, 0.2) is 6.10 Å². The monoisotopic (exact) mass is 373 g/mol. The van der Waals surface area contributed by atoms with Gasteiger partial charge in [0.25, 0.3) is 11.5 Å². The number of carbonyl (C=O) groups excluding carboxylic acids is 2. The van der Waals surface area contributed by atoms with E-state index in [0.29, 0.717) is 43.0 Å². The molecule has 1 aliphatic rings. The van der Waals surface area contributed by atoms with E-state index in [2.05, 4.69) is 4.98 Å². The summed E-state index contributed by atoms with van der Waals surface area (Å²) in [6.45, 7) is 3.57. The first-order chi connectivity index (χ1) is 13.0. The Kier molecular flexibility index (Phi) is 5.85. The number of esters is 1. The largest absolute Gasteiger partial charge is 0.453 e. The Labute approximate surface area is 156 Å². The maximum absolute atomic E-state index is 12.4. The molecule has 1 aromatic carbocycles. The molecule has 1 aromatic heterocycles. The van der Waals surface area contributed by atoms with Crippen molar-refractivity contribution in [2.24, 2.45) is 7.05 Å². The van der Waals surface area contributed by atoms with E-state index in [1.54, 1.807) is 37.1 Å². The van der Waals surface area contributed by atoms with Gasteiger partial charge < -0.3 is 14.4 Å². The lowest BCUT2D eigenvalue weighted by Crippen LogP contribution is -2.46. The number of para-hydroxylation sites is 1. The van der Waals surface area contributed by atoms with E-state index >= 15 is 0 Å². The molecule has 1 atom stereocenters. The van der Waals surface area contributed by atoms with Crippen molar-refractivity contribution in [2.45, 2.75) is 25.9 Å². The minimum Gasteiger partial charge on any atom is -0.453 e. The lowest BCUT2D eigenvalue weighted by atomic mass is 10.2. The number of amides is 1. The van der Waals surface area contributed by atoms with Gasteiger partial charge in [-0.3, -0.25) is 19.0 Å². The standard InChI is InChI=1S/C19H23N3O5/c1-13(18(24)22-9-11-26-12-10-22)27-17(23)8-7-16-20-15-6-4-3-5-14(15)19(25)21(16)2/h3-6,13H,7-12H2,1-2H3. The van der Waals surface area contributed by atoms with Gasteiger partial charge in [-0.05, 0) is 19.1 Å². The second-order valence-corrected chi connectivity index (χ2v) is 6.48. The number of benzene rings is 1. The molecular weight excluding hydrogens is 350 g/mol. The fourth-order valence-corrected chi connectivity index (χ4v) is 3.05. The predicted molar refractivity (Wildman–Crippen MR) is 98.3 cm³/mol. The van der Waals surface area contributed by atoms with E-state index in [-0.39, 0.29) is 24.3 Å². The van der Waals surface area contributed by atoms with Crippen molar-refractivity contribution >= 4 is 22.8 Å². The molecule has 0 aliphatic carbocycles. The van der Waals surface area contributed by atoms with Crippen LogP contribution in [-0.4, -0.2) is 58.7 Å². The summed E-state index contributed by atoms with van der Waals surface area (Å²) in [4.78, 5) is 42.9. The molecule has 1 aliphatic heterocycles. The third kappa shape index (κ3) is 4.33. The second-order valence-electron chi connectivity index (χ2n) is 6.48. The molecule has 1 unspecified atom stereocenters. The van der Waals surface area contributed by atoms with Crippen molar-refractivity contribution in [2.75, 3.05) is 26.3 Å². The third-order valence-corrected chi connectivity index (χ3v) is 4.61. The maximum Gasteiger partial charge on any atom is 0.307 e. The normalized spacial score (nSPS) is 15.6. The molecule has 2 heterocycles. The molecule has 1 amide bonds. The van der Waals surface area contributed by atoms with Gasteiger partial charge in [-0.15, -0.1) is 0 Å². The van der Waals surface area contributed by atoms with Crippen LogP contribution in [0.4, 0.5) is 0 Å². The van der Waals surface area contributed by atoms with Crippen molar-refractivity contribution in [3.8, 4) is 0 Å². The van der Waals surface area contributed by atoms with Gasteiger partial charge in [-0.1, -0.05) is 12.1 Å². The highest BCUT2D eigenvalue weighted by molar-refractivity contribution is 5.83. The average molecular weight is 373 g/mol. The van der Waals surface area contributed by atoms with Crippen molar-refractivity contribution < 1.29 is 19.1 Å². The summed E-state index contributed by atoms with van der Waals surface area (Å²) in [6.07, 6.45) is -0.545. The van der Waals surface area contributed by atoms with Crippen LogP contribution in [0.2, 0.25) is 0 Å². The molecule has 0 radical (unpaired) electrons. The number of nitrogens with zero attached hydrogens (tertiary/aromatic N) is 3. The minimum absolute atomic E-state index is 0.0410. The zero-order valence-corrected chi connectivity index (χ0v) is 15.5. The van der Waals surface area contributed by atoms with E-state index < -0.39 is 12.1 Å². The Morgan fingerprint density at radius 1 is 1.26 bits per heavy atom. The summed E-state index contributed by atoms with van der Waals surface area (Å²) in [7, 11) is 1.63. The molecule has 0 saturated carbocycles. The molecule has 0 spiro atoms. The molecule has 0 bridgehead atoms. The Morgan fingerprint density at radius 2 is 1.96 bits per heavy atom. The number of morpholine rings is 1. The highest BCUT2D eigenvalue weighted by Crippen LogP contribution is 2.10. The topological polar surface area (TPSA) is 90.7 Å². The molecule has 2 aromatic rings. The van der Waals surface area contributed by atoms with Crippen LogP contribution in [0.25, 0.3) is 10.9 Å². The lowest BCUT2D eigenvalue weighted by molar-refractivity contribution is -0.160. The average Bonchev–Trinajstić information content (AvgIpc) is 2.69. The van der Waals surface area contributed by atoms with Crippen LogP contribution in [0.3, 0.4) is 0 Å². The third-order valence-electron chi connectivity index (χ3n) is 4.61. The van der Waals surface area contributed by atoms with Gasteiger partial charge in [0.2, 0.25) is 0 Å². The van der Waals surface area contributed by atoms with E-state index in [4.69, 9.17) is 9.47 Å². The number of aryl methyl sites for hydroxylation is 1. The number of hydrogen-bond acceptors (Lipinski definition) is 6. The van der Waals surface area contributed by atoms with Gasteiger partial charge in [0, 0.05) is 26.6 Å². The summed E-state index contributed by atoms with van der Waals surface area (Å²) in [5.74, 6) is -0.211. The van der Waals surface area contributed by atoms with Gasteiger partial charge in [-0.25, -0.2) is 4.98 Å². The fraction of sp³-hybridized carbons (Fsp3) is 0.474. The molecule has 3 rings (SSSR count). The van der Waals surface area contributed by atoms with E-state index in [1.165, 1.54) is 4.57 Å². The number of ether oxygens (including phenoxy) is 2. The number of carbonyl (C=O) groups is 2. The number of fused-ring (bicyclic) bond motifs is 1. The summed E-state index contributed by atoms with van der Waals surface area (Å²) in [5.41, 5.74) is 0.444. The molecule has 1 saturated heterocycles. The Balaban J connectivity index is 1.60. The summed E-state index contributed by atoms with van der Waals surface area (Å²) in [5, 5.41) is 0.538. The number of aromatic nitrogens is 2. The van der Waals surface area contributed by atoms with Crippen LogP contribution in [0.15, 0.2) is 29.1 Å². The lowest BCUT2D eigenvalue weighted by Gasteiger charge is -2.28. The minimum atomic E-state index is -0.844. The van der Waals surface area contributed by atoms with Gasteiger partial charge in [0.1, 0.15) is 5.82 Å². The van der Waals surface area contributed by atoms with Crippen LogP contribution in [-0.2, 0) is 32.5 Å². The molecule has 8 heteroatoms. The highest BCUT2D eigenvalue weighted by atomic mass is 16.5. The van der Waals surface area contributed by atoms with Crippen molar-refractivity contribution in [3.05, 3.63) is 40.4 Å². The molecule has 0 N–H and O–H groups in total. The van der Waals surface area contributed by atoms with E-state index in [0.717, 1.165) is 0 Å². The van der Waals surface area contributed by atoms with Gasteiger partial charge in [0.05, 0.1) is 30.5 Å². The smallest absolute Gasteiger partial charge is 0.307 e. The molecule has 1 fully saturated rings. The van der Waals surface area contributed by atoms with E-state index in [9.17, 15) is 14.4 Å². The van der Waals surface area contributed by atoms with Crippen LogP contribution < -0.4 is 5.56 Å². The SMILES string of the molecule is CC(OC(=O)CCc1nc2ccccc2c(=O)n1C)C(=O)N1CCOCC1. The number of rotatable bonds is 5. The van der Waals surface area contributed by atoms with Crippen LogP contribution >= 0.6 is 0 Å². The Hall–Kier alpha value is -2.74. The van der Waals surface area contributed by atoms with Crippen LogP contribution in [0, 0.1) is 0 Å². The maximum atomic E-state index is 12.4. The van der Waals surface area contributed by atoms with Crippen LogP contribution in [0.5, 0.6) is 0 Å². The van der Waals surface area contributed by atoms with Crippen molar-refractivity contribution in [1.82, 2.24) is 14.5 Å². The zero-order valence-electron chi connectivity index (χ0n) is 15.5. The van der Waals surface area contributed by atoms with Crippen LogP contribution in [0.1, 0.15) is 19.2 Å². The molecule has 144 valence electrons. The van der Waals surface area contributed by atoms with Crippen molar-refractivity contribution in [3.63, 3.8) is 0 Å². The Morgan fingerprint density at radius 3 is 2.70 bits per heavy atom. The molecular formula is C19H23N3O5. The Bertz CT molecular complexity index is 902. The molecule has 27 heavy (non-hydrogen) atoms. The first-order valence-electron chi connectivity index (χ1n) is 8.98. The zero-order chi connectivity index (χ0) is 19.4. The van der Waals surface area contributed by atoms with Gasteiger partial charge in [-0.2, -0.15) is 0 Å². The first-order valence-corrected chi connectivity index (χ1v) is 8.98. The quantitative estimate of drug-likeness (QED) is 0.715. The van der Waals surface area contributed by atoms with Crippen molar-refractivity contribution in [1.29, 1.82) is 0 Å². The highest BCUT2D eigenvalue weighted by Gasteiger charge is 2.25. The first kappa shape index (κ1) is 19.0. The fourth-order valence-electron chi connectivity index (χ4n) is 3.05. The van der Waals surface area contributed by atoms with E-state index in [1.807, 2.05) is 6.07 Å². The summed E-state index contributed by atoms with van der Waals surface area (Å²) < 4.78 is 11.9. The summed E-state index contributed by atoms with van der Waals surface area (Å²) in [6, 6.07) is 7.09. The predicted octanol–water partition coefficient (Wildman–Crippen LogP) is 0.657. The second kappa shape index (κ2) is 8.30.